The molecule has 2 fully saturated rings. The van der Waals surface area contributed by atoms with Crippen LogP contribution < -0.4 is 5.73 Å². The van der Waals surface area contributed by atoms with Gasteiger partial charge in [0.25, 0.3) is 0 Å². The Kier molecular flexibility index (Phi) is 2.18. The van der Waals surface area contributed by atoms with Crippen molar-refractivity contribution in [2.45, 2.75) is 38.7 Å². The second-order valence-electron chi connectivity index (χ2n) is 5.63. The van der Waals surface area contributed by atoms with Crippen molar-refractivity contribution in [3.63, 3.8) is 0 Å². The monoisotopic (exact) mass is 199 g/mol. The lowest BCUT2D eigenvalue weighted by Crippen LogP contribution is -2.39. The molecule has 3 N–H and O–H groups in total. The number of nitrogens with two attached hydrogens (primary N) is 1. The molecule has 1 saturated heterocycles. The van der Waals surface area contributed by atoms with E-state index in [0.717, 1.165) is 25.9 Å². The van der Waals surface area contributed by atoms with Crippen LogP contribution in [0.4, 0.5) is 0 Å². The average Bonchev–Trinajstić information content (AvgIpc) is 2.71. The Morgan fingerprint density at radius 3 is 2.50 bits per heavy atom. The van der Waals surface area contributed by atoms with E-state index in [2.05, 4.69) is 13.8 Å². The minimum absolute atomic E-state index is 0.00799. The largest absolute Gasteiger partial charge is 0.396 e. The standard InChI is InChI=1S/C11H21NO2/c1-9(2)5-10(3-4-14-9)6-11(10,7-12)8-13/h13H,3-8,12H2,1-2H3. The van der Waals surface area contributed by atoms with E-state index in [1.54, 1.807) is 0 Å². The van der Waals surface area contributed by atoms with E-state index in [-0.39, 0.29) is 23.0 Å². The van der Waals surface area contributed by atoms with Gasteiger partial charge < -0.3 is 15.6 Å². The highest BCUT2D eigenvalue weighted by Gasteiger charge is 2.67. The molecule has 2 atom stereocenters. The molecule has 14 heavy (non-hydrogen) atoms. The molecular weight excluding hydrogens is 178 g/mol. The van der Waals surface area contributed by atoms with Gasteiger partial charge in [0.05, 0.1) is 12.2 Å². The second-order valence-corrected chi connectivity index (χ2v) is 5.63. The van der Waals surface area contributed by atoms with E-state index in [0.29, 0.717) is 6.54 Å². The molecule has 3 nitrogen and oxygen atoms in total. The van der Waals surface area contributed by atoms with Gasteiger partial charge in [-0.2, -0.15) is 0 Å². The molecule has 0 aromatic carbocycles. The fourth-order valence-electron chi connectivity index (χ4n) is 3.26. The van der Waals surface area contributed by atoms with Gasteiger partial charge in [0.1, 0.15) is 0 Å². The first-order chi connectivity index (χ1) is 6.49. The van der Waals surface area contributed by atoms with Crippen LogP contribution in [-0.2, 0) is 4.74 Å². The molecule has 2 aliphatic rings. The lowest BCUT2D eigenvalue weighted by molar-refractivity contribution is -0.0897. The van der Waals surface area contributed by atoms with Crippen molar-refractivity contribution in [2.75, 3.05) is 19.8 Å². The van der Waals surface area contributed by atoms with E-state index < -0.39 is 0 Å². The number of aliphatic hydroxyl groups is 1. The van der Waals surface area contributed by atoms with Crippen LogP contribution in [0.1, 0.15) is 33.1 Å². The Hall–Kier alpha value is -0.120. The van der Waals surface area contributed by atoms with Crippen molar-refractivity contribution < 1.29 is 9.84 Å². The summed E-state index contributed by atoms with van der Waals surface area (Å²) in [6, 6.07) is 0. The second kappa shape index (κ2) is 2.94. The third-order valence-corrected chi connectivity index (χ3v) is 4.21. The first-order valence-corrected chi connectivity index (χ1v) is 5.44. The van der Waals surface area contributed by atoms with Gasteiger partial charge in [-0.25, -0.2) is 0 Å². The van der Waals surface area contributed by atoms with E-state index in [1.807, 2.05) is 0 Å². The Balaban J connectivity index is 2.13. The lowest BCUT2D eigenvalue weighted by atomic mass is 9.79. The quantitative estimate of drug-likeness (QED) is 0.695. The van der Waals surface area contributed by atoms with Gasteiger partial charge in [-0.05, 0) is 38.5 Å². The highest BCUT2D eigenvalue weighted by atomic mass is 16.5. The summed E-state index contributed by atoms with van der Waals surface area (Å²) in [5.41, 5.74) is 6.02. The van der Waals surface area contributed by atoms with Crippen LogP contribution in [0.3, 0.4) is 0 Å². The maximum Gasteiger partial charge on any atom is 0.0632 e. The van der Waals surface area contributed by atoms with E-state index >= 15 is 0 Å². The minimum atomic E-state index is -0.0374. The zero-order chi connectivity index (χ0) is 10.4. The first-order valence-electron chi connectivity index (χ1n) is 5.44. The summed E-state index contributed by atoms with van der Waals surface area (Å²) < 4.78 is 5.70. The highest BCUT2D eigenvalue weighted by molar-refractivity contribution is 5.17. The molecule has 3 heteroatoms. The molecule has 82 valence electrons. The Labute approximate surface area is 85.6 Å². The lowest BCUT2D eigenvalue weighted by Gasteiger charge is -2.38. The van der Waals surface area contributed by atoms with Crippen LogP contribution in [0.25, 0.3) is 0 Å². The van der Waals surface area contributed by atoms with Crippen LogP contribution >= 0.6 is 0 Å². The van der Waals surface area contributed by atoms with Crippen LogP contribution in [0.15, 0.2) is 0 Å². The maximum absolute atomic E-state index is 9.42. The molecular formula is C11H21NO2. The molecule has 1 saturated carbocycles. The molecule has 0 amide bonds. The van der Waals surface area contributed by atoms with Crippen LogP contribution in [0.5, 0.6) is 0 Å². The van der Waals surface area contributed by atoms with E-state index in [1.165, 1.54) is 0 Å². The predicted molar refractivity (Wildman–Crippen MR) is 54.9 cm³/mol. The third kappa shape index (κ3) is 1.30. The summed E-state index contributed by atoms with van der Waals surface area (Å²) in [6.07, 6.45) is 3.19. The van der Waals surface area contributed by atoms with Crippen LogP contribution in [0, 0.1) is 10.8 Å². The van der Waals surface area contributed by atoms with Crippen molar-refractivity contribution >= 4 is 0 Å². The van der Waals surface area contributed by atoms with E-state index in [9.17, 15) is 5.11 Å². The average molecular weight is 199 g/mol. The Bertz CT molecular complexity index is 235. The summed E-state index contributed by atoms with van der Waals surface area (Å²) >= 11 is 0. The number of rotatable bonds is 2. The van der Waals surface area contributed by atoms with Crippen LogP contribution in [-0.4, -0.2) is 30.5 Å². The summed E-state index contributed by atoms with van der Waals surface area (Å²) in [7, 11) is 0. The summed E-state index contributed by atoms with van der Waals surface area (Å²) in [5, 5.41) is 9.42. The molecule has 1 aliphatic heterocycles. The van der Waals surface area contributed by atoms with Gasteiger partial charge in [0.15, 0.2) is 0 Å². The molecule has 1 spiro atoms. The maximum atomic E-state index is 9.42. The number of aliphatic hydroxyl groups excluding tert-OH is 1. The summed E-state index contributed by atoms with van der Waals surface area (Å²) in [5.74, 6) is 0. The van der Waals surface area contributed by atoms with Crippen molar-refractivity contribution in [1.82, 2.24) is 0 Å². The van der Waals surface area contributed by atoms with Gasteiger partial charge in [0, 0.05) is 18.6 Å². The Morgan fingerprint density at radius 1 is 1.36 bits per heavy atom. The Morgan fingerprint density at radius 2 is 2.07 bits per heavy atom. The minimum Gasteiger partial charge on any atom is -0.396 e. The van der Waals surface area contributed by atoms with Gasteiger partial charge in [0.2, 0.25) is 0 Å². The van der Waals surface area contributed by atoms with Gasteiger partial charge in [-0.15, -0.1) is 0 Å². The fraction of sp³-hybridized carbons (Fsp3) is 1.00. The molecule has 1 heterocycles. The molecule has 2 rings (SSSR count). The molecule has 0 bridgehead atoms. The fourth-order valence-corrected chi connectivity index (χ4v) is 3.26. The zero-order valence-electron chi connectivity index (χ0n) is 9.18. The first kappa shape index (κ1) is 10.4. The molecule has 0 aromatic heterocycles. The van der Waals surface area contributed by atoms with Gasteiger partial charge in [-0.3, -0.25) is 0 Å². The van der Waals surface area contributed by atoms with Crippen molar-refractivity contribution in [2.24, 2.45) is 16.6 Å². The van der Waals surface area contributed by atoms with Crippen LogP contribution in [0.2, 0.25) is 0 Å². The van der Waals surface area contributed by atoms with Crippen molar-refractivity contribution in [1.29, 1.82) is 0 Å². The van der Waals surface area contributed by atoms with Crippen molar-refractivity contribution in [3.8, 4) is 0 Å². The number of hydrogen-bond acceptors (Lipinski definition) is 3. The molecule has 2 unspecified atom stereocenters. The van der Waals surface area contributed by atoms with Gasteiger partial charge >= 0.3 is 0 Å². The topological polar surface area (TPSA) is 55.5 Å². The smallest absolute Gasteiger partial charge is 0.0632 e. The normalized spacial score (nSPS) is 45.4. The van der Waals surface area contributed by atoms with Gasteiger partial charge in [-0.1, -0.05) is 0 Å². The highest BCUT2D eigenvalue weighted by Crippen LogP contribution is 2.69. The molecule has 1 aliphatic carbocycles. The summed E-state index contributed by atoms with van der Waals surface area (Å²) in [6.45, 7) is 5.92. The predicted octanol–water partition coefficient (Wildman–Crippen LogP) is 0.903. The number of ether oxygens (including phenoxy) is 1. The van der Waals surface area contributed by atoms with Crippen molar-refractivity contribution in [3.05, 3.63) is 0 Å². The third-order valence-electron chi connectivity index (χ3n) is 4.21. The summed E-state index contributed by atoms with van der Waals surface area (Å²) in [4.78, 5) is 0. The molecule has 0 radical (unpaired) electrons. The number of hydrogen-bond donors (Lipinski definition) is 2. The SMILES string of the molecule is CC1(C)CC2(CCO1)CC2(CN)CO. The van der Waals surface area contributed by atoms with E-state index in [4.69, 9.17) is 10.5 Å². The molecule has 0 aromatic rings. The zero-order valence-corrected chi connectivity index (χ0v) is 9.18.